The van der Waals surface area contributed by atoms with E-state index in [1.165, 1.54) is 19.1 Å². The first kappa shape index (κ1) is 16.6. The zero-order chi connectivity index (χ0) is 14.1. The Morgan fingerprint density at radius 2 is 2.00 bits per heavy atom. The quantitative estimate of drug-likeness (QED) is 0.530. The fourth-order valence-corrected chi connectivity index (χ4v) is 1.50. The van der Waals surface area contributed by atoms with Crippen molar-refractivity contribution in [3.63, 3.8) is 0 Å². The van der Waals surface area contributed by atoms with Gasteiger partial charge in [0.15, 0.2) is 0 Å². The Labute approximate surface area is 108 Å². The molecule has 0 aliphatic rings. The standard InChI is InChI=1S/C13H23NO4/c1-5-6-12(10(3)15)14-13(17)8-7-9(2)18-11(4)16/h7-10,12,15H,5-6H2,1-4H3,(H,14,17). The molecule has 0 fully saturated rings. The highest BCUT2D eigenvalue weighted by Crippen LogP contribution is 2.02. The smallest absolute Gasteiger partial charge is 0.303 e. The van der Waals surface area contributed by atoms with Crippen LogP contribution < -0.4 is 5.32 Å². The van der Waals surface area contributed by atoms with E-state index in [1.54, 1.807) is 13.8 Å². The molecule has 0 aromatic heterocycles. The van der Waals surface area contributed by atoms with Crippen LogP contribution in [-0.4, -0.2) is 35.2 Å². The van der Waals surface area contributed by atoms with Gasteiger partial charge in [-0.2, -0.15) is 0 Å². The van der Waals surface area contributed by atoms with Crippen LogP contribution in [0.5, 0.6) is 0 Å². The largest absolute Gasteiger partial charge is 0.459 e. The summed E-state index contributed by atoms with van der Waals surface area (Å²) >= 11 is 0. The Kier molecular flexibility index (Phi) is 8.03. The molecule has 18 heavy (non-hydrogen) atoms. The Bertz CT molecular complexity index is 299. The van der Waals surface area contributed by atoms with Gasteiger partial charge >= 0.3 is 5.97 Å². The second-order valence-corrected chi connectivity index (χ2v) is 4.32. The van der Waals surface area contributed by atoms with Gasteiger partial charge in [0.1, 0.15) is 6.10 Å². The molecule has 2 N–H and O–H groups in total. The van der Waals surface area contributed by atoms with Crippen LogP contribution in [0.4, 0.5) is 0 Å². The SMILES string of the molecule is CCCC(NC(=O)C=CC(C)OC(C)=O)C(C)O. The molecule has 0 heterocycles. The average Bonchev–Trinajstić information content (AvgIpc) is 2.24. The van der Waals surface area contributed by atoms with Crippen molar-refractivity contribution in [3.8, 4) is 0 Å². The molecule has 0 aliphatic heterocycles. The van der Waals surface area contributed by atoms with Gasteiger partial charge in [0, 0.05) is 13.0 Å². The summed E-state index contributed by atoms with van der Waals surface area (Å²) in [6.45, 7) is 6.62. The minimum Gasteiger partial charge on any atom is -0.459 e. The monoisotopic (exact) mass is 257 g/mol. The van der Waals surface area contributed by atoms with Crippen LogP contribution in [0.3, 0.4) is 0 Å². The fraction of sp³-hybridized carbons (Fsp3) is 0.692. The molecule has 3 atom stereocenters. The maximum absolute atomic E-state index is 11.6. The number of aliphatic hydroxyl groups excluding tert-OH is 1. The minimum absolute atomic E-state index is 0.254. The molecule has 3 unspecified atom stereocenters. The summed E-state index contributed by atoms with van der Waals surface area (Å²) in [6.07, 6.45) is 3.39. The normalized spacial score (nSPS) is 16.1. The van der Waals surface area contributed by atoms with E-state index in [0.29, 0.717) is 0 Å². The van der Waals surface area contributed by atoms with Gasteiger partial charge in [0.05, 0.1) is 12.1 Å². The minimum atomic E-state index is -0.590. The second kappa shape index (κ2) is 8.69. The zero-order valence-electron chi connectivity index (χ0n) is 11.5. The van der Waals surface area contributed by atoms with Crippen LogP contribution in [0.2, 0.25) is 0 Å². The number of carbonyl (C=O) groups excluding carboxylic acids is 2. The number of esters is 1. The van der Waals surface area contributed by atoms with E-state index in [4.69, 9.17) is 4.74 Å². The molecular weight excluding hydrogens is 234 g/mol. The first-order valence-corrected chi connectivity index (χ1v) is 6.20. The van der Waals surface area contributed by atoms with E-state index in [-0.39, 0.29) is 17.9 Å². The Morgan fingerprint density at radius 3 is 2.44 bits per heavy atom. The third-order valence-corrected chi connectivity index (χ3v) is 2.38. The molecule has 0 radical (unpaired) electrons. The first-order chi connectivity index (χ1) is 8.36. The predicted octanol–water partition coefficient (Wildman–Crippen LogP) is 1.16. The molecule has 0 saturated carbocycles. The summed E-state index contributed by atoms with van der Waals surface area (Å²) in [6, 6.07) is -0.254. The predicted molar refractivity (Wildman–Crippen MR) is 68.9 cm³/mol. The lowest BCUT2D eigenvalue weighted by Crippen LogP contribution is -2.41. The zero-order valence-corrected chi connectivity index (χ0v) is 11.5. The number of nitrogens with one attached hydrogen (secondary N) is 1. The highest BCUT2D eigenvalue weighted by molar-refractivity contribution is 5.87. The van der Waals surface area contributed by atoms with Gasteiger partial charge in [-0.15, -0.1) is 0 Å². The lowest BCUT2D eigenvalue weighted by Gasteiger charge is -2.19. The van der Waals surface area contributed by atoms with Crippen molar-refractivity contribution in [2.45, 2.75) is 58.8 Å². The van der Waals surface area contributed by atoms with Crippen molar-refractivity contribution in [3.05, 3.63) is 12.2 Å². The van der Waals surface area contributed by atoms with Gasteiger partial charge in [-0.05, 0) is 26.3 Å². The Morgan fingerprint density at radius 1 is 1.39 bits per heavy atom. The lowest BCUT2D eigenvalue weighted by atomic mass is 10.1. The molecule has 0 spiro atoms. The van der Waals surface area contributed by atoms with Crippen LogP contribution in [0.1, 0.15) is 40.5 Å². The Hall–Kier alpha value is -1.36. The fourth-order valence-electron chi connectivity index (χ4n) is 1.50. The molecule has 0 saturated heterocycles. The lowest BCUT2D eigenvalue weighted by molar-refractivity contribution is -0.143. The Balaban J connectivity index is 4.22. The van der Waals surface area contributed by atoms with Crippen LogP contribution in [0.25, 0.3) is 0 Å². The number of rotatable bonds is 7. The molecule has 5 nitrogen and oxygen atoms in total. The van der Waals surface area contributed by atoms with E-state index in [1.807, 2.05) is 6.92 Å². The summed E-state index contributed by atoms with van der Waals surface area (Å²) in [5.41, 5.74) is 0. The molecule has 0 aliphatic carbocycles. The highest BCUT2D eigenvalue weighted by atomic mass is 16.5. The number of carbonyl (C=O) groups is 2. The van der Waals surface area contributed by atoms with E-state index in [2.05, 4.69) is 5.32 Å². The summed E-state index contributed by atoms with van der Waals surface area (Å²) in [7, 11) is 0. The van der Waals surface area contributed by atoms with Gasteiger partial charge < -0.3 is 15.2 Å². The van der Waals surface area contributed by atoms with Crippen molar-refractivity contribution in [2.75, 3.05) is 0 Å². The summed E-state index contributed by atoms with van der Waals surface area (Å²) < 4.78 is 4.85. The molecule has 0 bridgehead atoms. The maximum Gasteiger partial charge on any atom is 0.303 e. The van der Waals surface area contributed by atoms with Crippen molar-refractivity contribution in [2.24, 2.45) is 0 Å². The average molecular weight is 257 g/mol. The van der Waals surface area contributed by atoms with E-state index < -0.39 is 12.2 Å². The van der Waals surface area contributed by atoms with Gasteiger partial charge in [0.25, 0.3) is 0 Å². The second-order valence-electron chi connectivity index (χ2n) is 4.32. The summed E-state index contributed by atoms with van der Waals surface area (Å²) in [5, 5.41) is 12.2. The van der Waals surface area contributed by atoms with Crippen molar-refractivity contribution < 1.29 is 19.4 Å². The van der Waals surface area contributed by atoms with Crippen LogP contribution in [-0.2, 0) is 14.3 Å². The van der Waals surface area contributed by atoms with Crippen LogP contribution >= 0.6 is 0 Å². The van der Waals surface area contributed by atoms with Crippen molar-refractivity contribution in [1.29, 1.82) is 0 Å². The number of hydrogen-bond acceptors (Lipinski definition) is 4. The third-order valence-electron chi connectivity index (χ3n) is 2.38. The molecule has 0 aromatic carbocycles. The molecular formula is C13H23NO4. The van der Waals surface area contributed by atoms with Crippen LogP contribution in [0.15, 0.2) is 12.2 Å². The van der Waals surface area contributed by atoms with E-state index in [9.17, 15) is 14.7 Å². The van der Waals surface area contributed by atoms with Gasteiger partial charge in [-0.25, -0.2) is 0 Å². The molecule has 104 valence electrons. The topological polar surface area (TPSA) is 75.6 Å². The number of hydrogen-bond donors (Lipinski definition) is 2. The van der Waals surface area contributed by atoms with Crippen molar-refractivity contribution >= 4 is 11.9 Å². The maximum atomic E-state index is 11.6. The van der Waals surface area contributed by atoms with E-state index >= 15 is 0 Å². The van der Waals surface area contributed by atoms with Gasteiger partial charge in [0.2, 0.25) is 5.91 Å². The number of aliphatic hydroxyl groups is 1. The van der Waals surface area contributed by atoms with Gasteiger partial charge in [-0.1, -0.05) is 13.3 Å². The molecule has 0 aromatic rings. The van der Waals surface area contributed by atoms with Gasteiger partial charge in [-0.3, -0.25) is 9.59 Å². The third kappa shape index (κ3) is 7.84. The summed E-state index contributed by atoms with van der Waals surface area (Å²) in [4.78, 5) is 22.2. The van der Waals surface area contributed by atoms with E-state index in [0.717, 1.165) is 12.8 Å². The highest BCUT2D eigenvalue weighted by Gasteiger charge is 2.15. The van der Waals surface area contributed by atoms with Crippen LogP contribution in [0, 0.1) is 0 Å². The van der Waals surface area contributed by atoms with Crippen molar-refractivity contribution in [1.82, 2.24) is 5.32 Å². The number of ether oxygens (including phenoxy) is 1. The first-order valence-electron chi connectivity index (χ1n) is 6.20. The molecule has 0 rings (SSSR count). The molecule has 5 heteroatoms. The summed E-state index contributed by atoms with van der Waals surface area (Å²) in [5.74, 6) is -0.686. The molecule has 1 amide bonds. The number of amides is 1.